The second-order valence-corrected chi connectivity index (χ2v) is 6.43. The Balaban J connectivity index is 1.85. The average Bonchev–Trinajstić information content (AvgIpc) is 2.65. The molecular weight excluding hydrogens is 354 g/mol. The predicted molar refractivity (Wildman–Crippen MR) is 101 cm³/mol. The number of aliphatic hydroxyl groups is 1. The van der Waals surface area contributed by atoms with E-state index >= 15 is 0 Å². The SMILES string of the molecule is COc1ccc(C(O)CN(C)C(=O)CCC(=O)c2cccc(Cl)c2)cc1. The summed E-state index contributed by atoms with van der Waals surface area (Å²) in [6.07, 6.45) is -0.627. The maximum atomic E-state index is 12.2. The van der Waals surface area contributed by atoms with E-state index in [9.17, 15) is 14.7 Å². The first-order chi connectivity index (χ1) is 12.4. The normalized spacial score (nSPS) is 11.7. The molecule has 0 bridgehead atoms. The number of benzene rings is 2. The number of methoxy groups -OCH3 is 1. The molecule has 0 aromatic heterocycles. The number of Topliss-reactive ketones (excluding diaryl/α,β-unsaturated/α-hetero) is 1. The average molecular weight is 376 g/mol. The molecule has 0 spiro atoms. The van der Waals surface area contributed by atoms with Crippen LogP contribution in [0, 0.1) is 0 Å². The van der Waals surface area contributed by atoms with Crippen LogP contribution in [0.5, 0.6) is 5.75 Å². The van der Waals surface area contributed by atoms with Crippen molar-refractivity contribution >= 4 is 23.3 Å². The van der Waals surface area contributed by atoms with Gasteiger partial charge in [-0.3, -0.25) is 9.59 Å². The van der Waals surface area contributed by atoms with E-state index in [1.807, 2.05) is 0 Å². The van der Waals surface area contributed by atoms with Gasteiger partial charge >= 0.3 is 0 Å². The number of carbonyl (C=O) groups is 2. The van der Waals surface area contributed by atoms with E-state index in [-0.39, 0.29) is 31.1 Å². The molecule has 138 valence electrons. The van der Waals surface area contributed by atoms with Crippen molar-refractivity contribution < 1.29 is 19.4 Å². The summed E-state index contributed by atoms with van der Waals surface area (Å²) in [4.78, 5) is 25.8. The third kappa shape index (κ3) is 5.58. The molecule has 0 saturated heterocycles. The zero-order valence-corrected chi connectivity index (χ0v) is 15.6. The van der Waals surface area contributed by atoms with Gasteiger partial charge in [-0.2, -0.15) is 0 Å². The Morgan fingerprint density at radius 1 is 1.15 bits per heavy atom. The van der Waals surface area contributed by atoms with Gasteiger partial charge in [0.15, 0.2) is 5.78 Å². The zero-order valence-electron chi connectivity index (χ0n) is 14.8. The summed E-state index contributed by atoms with van der Waals surface area (Å²) >= 11 is 5.87. The molecule has 1 unspecified atom stereocenters. The van der Waals surface area contributed by atoms with Gasteiger partial charge in [-0.1, -0.05) is 35.9 Å². The molecular formula is C20H22ClNO4. The first kappa shape index (κ1) is 19.9. The van der Waals surface area contributed by atoms with Crippen LogP contribution in [-0.2, 0) is 4.79 Å². The Bertz CT molecular complexity index is 761. The van der Waals surface area contributed by atoms with Crippen LogP contribution in [0.4, 0.5) is 0 Å². The van der Waals surface area contributed by atoms with E-state index in [1.54, 1.807) is 62.7 Å². The highest BCUT2D eigenvalue weighted by atomic mass is 35.5. The highest BCUT2D eigenvalue weighted by Gasteiger charge is 2.17. The van der Waals surface area contributed by atoms with E-state index in [0.717, 1.165) is 0 Å². The molecule has 0 aliphatic rings. The van der Waals surface area contributed by atoms with Crippen LogP contribution in [0.15, 0.2) is 48.5 Å². The minimum Gasteiger partial charge on any atom is -0.497 e. The van der Waals surface area contributed by atoms with Crippen molar-refractivity contribution in [3.8, 4) is 5.75 Å². The molecule has 2 rings (SSSR count). The van der Waals surface area contributed by atoms with E-state index in [4.69, 9.17) is 16.3 Å². The minimum atomic E-state index is -0.807. The van der Waals surface area contributed by atoms with Gasteiger partial charge in [-0.05, 0) is 29.8 Å². The van der Waals surface area contributed by atoms with Crippen molar-refractivity contribution in [3.05, 3.63) is 64.7 Å². The van der Waals surface area contributed by atoms with Crippen molar-refractivity contribution in [2.24, 2.45) is 0 Å². The van der Waals surface area contributed by atoms with E-state index in [0.29, 0.717) is 21.9 Å². The van der Waals surface area contributed by atoms with Crippen molar-refractivity contribution in [3.63, 3.8) is 0 Å². The van der Waals surface area contributed by atoms with Crippen LogP contribution in [0.1, 0.15) is 34.9 Å². The fourth-order valence-electron chi connectivity index (χ4n) is 2.51. The second-order valence-electron chi connectivity index (χ2n) is 6.00. The van der Waals surface area contributed by atoms with E-state index < -0.39 is 6.10 Å². The Hall–Kier alpha value is -2.37. The third-order valence-corrected chi connectivity index (χ3v) is 4.32. The van der Waals surface area contributed by atoms with Crippen LogP contribution >= 0.6 is 11.6 Å². The molecule has 1 atom stereocenters. The number of nitrogens with zero attached hydrogens (tertiary/aromatic N) is 1. The van der Waals surface area contributed by atoms with E-state index in [2.05, 4.69) is 0 Å². The van der Waals surface area contributed by atoms with Gasteiger partial charge in [0.05, 0.1) is 19.8 Å². The molecule has 0 aliphatic carbocycles. The fraction of sp³-hybridized carbons (Fsp3) is 0.300. The van der Waals surface area contributed by atoms with Crippen LogP contribution in [0.3, 0.4) is 0 Å². The molecule has 2 aromatic carbocycles. The summed E-state index contributed by atoms with van der Waals surface area (Å²) in [7, 11) is 3.18. The number of hydrogen-bond donors (Lipinski definition) is 1. The topological polar surface area (TPSA) is 66.8 Å². The number of rotatable bonds is 8. The summed E-state index contributed by atoms with van der Waals surface area (Å²) in [5.74, 6) is 0.364. The minimum absolute atomic E-state index is 0.0805. The molecule has 0 saturated carbocycles. The van der Waals surface area contributed by atoms with Crippen molar-refractivity contribution in [2.45, 2.75) is 18.9 Å². The van der Waals surface area contributed by atoms with Crippen LogP contribution in [-0.4, -0.2) is 42.4 Å². The Morgan fingerprint density at radius 2 is 1.85 bits per heavy atom. The zero-order chi connectivity index (χ0) is 19.1. The number of hydrogen-bond acceptors (Lipinski definition) is 4. The first-order valence-corrected chi connectivity index (χ1v) is 8.63. The van der Waals surface area contributed by atoms with E-state index in [1.165, 1.54) is 4.90 Å². The summed E-state index contributed by atoms with van der Waals surface area (Å²) in [5, 5.41) is 10.8. The van der Waals surface area contributed by atoms with Gasteiger partial charge in [0.1, 0.15) is 5.75 Å². The summed E-state index contributed by atoms with van der Waals surface area (Å²) in [6, 6.07) is 13.7. The molecule has 2 aromatic rings. The number of ketones is 1. The summed E-state index contributed by atoms with van der Waals surface area (Å²) in [5.41, 5.74) is 1.19. The van der Waals surface area contributed by atoms with Crippen LogP contribution in [0.25, 0.3) is 0 Å². The lowest BCUT2D eigenvalue weighted by molar-refractivity contribution is -0.131. The smallest absolute Gasteiger partial charge is 0.222 e. The largest absolute Gasteiger partial charge is 0.497 e. The predicted octanol–water partition coefficient (Wildman–Crippen LogP) is 3.50. The fourth-order valence-corrected chi connectivity index (χ4v) is 2.70. The Labute approximate surface area is 158 Å². The molecule has 0 aliphatic heterocycles. The quantitative estimate of drug-likeness (QED) is 0.717. The van der Waals surface area contributed by atoms with Crippen molar-refractivity contribution in [1.82, 2.24) is 4.90 Å². The molecule has 6 heteroatoms. The number of halogens is 1. The molecule has 1 N–H and O–H groups in total. The maximum absolute atomic E-state index is 12.2. The number of amides is 1. The Morgan fingerprint density at radius 3 is 2.46 bits per heavy atom. The number of aliphatic hydroxyl groups excluding tert-OH is 1. The first-order valence-electron chi connectivity index (χ1n) is 8.25. The highest BCUT2D eigenvalue weighted by Crippen LogP contribution is 2.19. The lowest BCUT2D eigenvalue weighted by Gasteiger charge is -2.21. The highest BCUT2D eigenvalue weighted by molar-refractivity contribution is 6.31. The van der Waals surface area contributed by atoms with Gasteiger partial charge in [0.2, 0.25) is 5.91 Å². The monoisotopic (exact) mass is 375 g/mol. The van der Waals surface area contributed by atoms with Gasteiger partial charge < -0.3 is 14.7 Å². The van der Waals surface area contributed by atoms with Crippen molar-refractivity contribution in [2.75, 3.05) is 20.7 Å². The maximum Gasteiger partial charge on any atom is 0.222 e. The molecule has 5 nitrogen and oxygen atoms in total. The molecule has 0 heterocycles. The number of ether oxygens (including phenoxy) is 1. The molecule has 0 fully saturated rings. The standard InChI is InChI=1S/C20H22ClNO4/c1-22(13-19(24)14-6-8-17(26-2)9-7-14)20(25)11-10-18(23)15-4-3-5-16(21)12-15/h3-9,12,19,24H,10-11,13H2,1-2H3. The summed E-state index contributed by atoms with van der Waals surface area (Å²) < 4.78 is 5.08. The molecule has 0 radical (unpaired) electrons. The molecule has 1 amide bonds. The number of likely N-dealkylation sites (N-methyl/N-ethyl adjacent to an activating group) is 1. The van der Waals surface area contributed by atoms with Gasteiger partial charge in [-0.25, -0.2) is 0 Å². The lowest BCUT2D eigenvalue weighted by atomic mass is 10.1. The van der Waals surface area contributed by atoms with Crippen LogP contribution < -0.4 is 4.74 Å². The van der Waals surface area contributed by atoms with Crippen LogP contribution in [0.2, 0.25) is 5.02 Å². The Kier molecular flexibility index (Phi) is 7.18. The van der Waals surface area contributed by atoms with Crippen molar-refractivity contribution in [1.29, 1.82) is 0 Å². The summed E-state index contributed by atoms with van der Waals surface area (Å²) in [6.45, 7) is 0.149. The molecule has 26 heavy (non-hydrogen) atoms. The van der Waals surface area contributed by atoms with Gasteiger partial charge in [0, 0.05) is 30.5 Å². The second kappa shape index (κ2) is 9.36. The van der Waals surface area contributed by atoms with Gasteiger partial charge in [0.25, 0.3) is 0 Å². The number of carbonyl (C=O) groups excluding carboxylic acids is 2. The van der Waals surface area contributed by atoms with Gasteiger partial charge in [-0.15, -0.1) is 0 Å². The third-order valence-electron chi connectivity index (χ3n) is 4.09. The lowest BCUT2D eigenvalue weighted by Crippen LogP contribution is -2.31.